The number of nitrogens with one attached hydrogen (secondary N) is 1. The van der Waals surface area contributed by atoms with E-state index >= 15 is 0 Å². The van der Waals surface area contributed by atoms with Crippen LogP contribution in [-0.2, 0) is 0 Å². The molecule has 0 saturated heterocycles. The molecule has 1 aliphatic carbocycles. The largest absolute Gasteiger partial charge is 0.393 e. The highest BCUT2D eigenvalue weighted by Crippen LogP contribution is 2.38. The highest BCUT2D eigenvalue weighted by molar-refractivity contribution is 7.99. The van der Waals surface area contributed by atoms with Gasteiger partial charge in [0.1, 0.15) is 0 Å². The highest BCUT2D eigenvalue weighted by atomic mass is 32.2. The predicted molar refractivity (Wildman–Crippen MR) is 67.4 cm³/mol. The third-order valence-corrected chi connectivity index (χ3v) is 4.78. The number of hydrogen-bond donors (Lipinski definition) is 1. The van der Waals surface area contributed by atoms with Gasteiger partial charge in [-0.3, -0.25) is 0 Å². The van der Waals surface area contributed by atoms with E-state index < -0.39 is 18.1 Å². The van der Waals surface area contributed by atoms with Gasteiger partial charge in [-0.05, 0) is 32.9 Å². The molecule has 0 aromatic rings. The first-order valence-corrected chi connectivity index (χ1v) is 7.34. The fraction of sp³-hybridized carbons (Fsp3) is 1.00. The van der Waals surface area contributed by atoms with Gasteiger partial charge in [0.2, 0.25) is 0 Å². The molecule has 1 nitrogen and oxygen atoms in total. The van der Waals surface area contributed by atoms with E-state index in [1.165, 1.54) is 0 Å². The zero-order chi connectivity index (χ0) is 13.1. The maximum absolute atomic E-state index is 12.8. The minimum absolute atomic E-state index is 0.00635. The van der Waals surface area contributed by atoms with Crippen LogP contribution in [0.1, 0.15) is 39.5 Å². The first-order valence-electron chi connectivity index (χ1n) is 6.11. The lowest BCUT2D eigenvalue weighted by Gasteiger charge is -2.35. The molecule has 0 aromatic heterocycles. The number of hydrogen-bond acceptors (Lipinski definition) is 2. The van der Waals surface area contributed by atoms with E-state index in [4.69, 9.17) is 0 Å². The van der Waals surface area contributed by atoms with Crippen molar-refractivity contribution >= 4 is 11.8 Å². The number of alkyl halides is 3. The van der Waals surface area contributed by atoms with Crippen LogP contribution in [0.2, 0.25) is 0 Å². The quantitative estimate of drug-likeness (QED) is 0.832. The summed E-state index contributed by atoms with van der Waals surface area (Å²) in [5.74, 6) is -1.16. The van der Waals surface area contributed by atoms with E-state index in [0.717, 1.165) is 6.42 Å². The van der Waals surface area contributed by atoms with E-state index in [2.05, 4.69) is 19.2 Å². The zero-order valence-electron chi connectivity index (χ0n) is 10.7. The molecule has 0 heterocycles. The molecule has 0 aromatic carbocycles. The minimum Gasteiger partial charge on any atom is -0.312 e. The Bertz CT molecular complexity index is 240. The van der Waals surface area contributed by atoms with Crippen molar-refractivity contribution in [2.75, 3.05) is 12.8 Å². The molecule has 1 rings (SSSR count). The van der Waals surface area contributed by atoms with Crippen molar-refractivity contribution in [3.8, 4) is 0 Å². The third kappa shape index (κ3) is 4.70. The van der Waals surface area contributed by atoms with Gasteiger partial charge in [-0.15, -0.1) is 0 Å². The van der Waals surface area contributed by atoms with Crippen LogP contribution in [0.4, 0.5) is 13.2 Å². The molecule has 1 N–H and O–H groups in total. The van der Waals surface area contributed by atoms with Crippen molar-refractivity contribution in [2.45, 2.75) is 56.5 Å². The number of thioether (sulfide) groups is 1. The van der Waals surface area contributed by atoms with Gasteiger partial charge in [-0.2, -0.15) is 24.9 Å². The summed E-state index contributed by atoms with van der Waals surface area (Å²) in [7, 11) is 0. The Labute approximate surface area is 106 Å². The molecule has 5 heteroatoms. The molecular formula is C12H22F3NS. The minimum atomic E-state index is -4.05. The first-order chi connectivity index (χ1) is 7.76. The SMILES string of the molecule is CSC(C)(C)CNC1CCCCC1C(F)(F)F. The van der Waals surface area contributed by atoms with E-state index in [9.17, 15) is 13.2 Å². The van der Waals surface area contributed by atoms with Gasteiger partial charge in [0.25, 0.3) is 0 Å². The molecule has 0 aliphatic heterocycles. The Morgan fingerprint density at radius 3 is 2.29 bits per heavy atom. The van der Waals surface area contributed by atoms with Crippen molar-refractivity contribution < 1.29 is 13.2 Å². The van der Waals surface area contributed by atoms with Gasteiger partial charge < -0.3 is 5.32 Å². The van der Waals surface area contributed by atoms with Crippen molar-refractivity contribution in [3.63, 3.8) is 0 Å². The molecule has 1 aliphatic rings. The molecule has 0 radical (unpaired) electrons. The average molecular weight is 269 g/mol. The normalized spacial score (nSPS) is 27.2. The Morgan fingerprint density at radius 1 is 1.18 bits per heavy atom. The molecule has 2 unspecified atom stereocenters. The van der Waals surface area contributed by atoms with Gasteiger partial charge >= 0.3 is 6.18 Å². The Morgan fingerprint density at radius 2 is 1.76 bits per heavy atom. The second-order valence-electron chi connectivity index (χ2n) is 5.38. The van der Waals surface area contributed by atoms with Crippen LogP contribution in [-0.4, -0.2) is 29.8 Å². The molecule has 1 fully saturated rings. The molecular weight excluding hydrogens is 247 g/mol. The van der Waals surface area contributed by atoms with Crippen LogP contribution in [0.5, 0.6) is 0 Å². The maximum atomic E-state index is 12.8. The summed E-state index contributed by atoms with van der Waals surface area (Å²) in [6, 6.07) is -0.393. The topological polar surface area (TPSA) is 12.0 Å². The number of rotatable bonds is 4. The summed E-state index contributed by atoms with van der Waals surface area (Å²) in [5, 5.41) is 3.13. The van der Waals surface area contributed by atoms with Crippen LogP contribution in [0.25, 0.3) is 0 Å². The second kappa shape index (κ2) is 5.83. The van der Waals surface area contributed by atoms with Crippen LogP contribution in [0, 0.1) is 5.92 Å². The average Bonchev–Trinajstić information content (AvgIpc) is 2.26. The van der Waals surface area contributed by atoms with Gasteiger partial charge in [0, 0.05) is 17.3 Å². The Kier molecular flexibility index (Phi) is 5.20. The summed E-state index contributed by atoms with van der Waals surface area (Å²) in [6.07, 6.45) is 0.471. The molecule has 17 heavy (non-hydrogen) atoms. The standard InChI is InChI=1S/C12H22F3NS/c1-11(2,17-3)8-16-10-7-5-4-6-9(10)12(13,14)15/h9-10,16H,4-8H2,1-3H3. The molecule has 2 atom stereocenters. The van der Waals surface area contributed by atoms with Crippen molar-refractivity contribution in [1.82, 2.24) is 5.32 Å². The summed E-state index contributed by atoms with van der Waals surface area (Å²) >= 11 is 1.68. The smallest absolute Gasteiger partial charge is 0.312 e. The fourth-order valence-corrected chi connectivity index (χ4v) is 2.44. The molecule has 0 amide bonds. The predicted octanol–water partition coefficient (Wildman–Crippen LogP) is 3.84. The highest BCUT2D eigenvalue weighted by Gasteiger charge is 2.45. The van der Waals surface area contributed by atoms with E-state index in [-0.39, 0.29) is 11.2 Å². The van der Waals surface area contributed by atoms with Crippen LogP contribution in [0.15, 0.2) is 0 Å². The summed E-state index contributed by atoms with van der Waals surface area (Å²) in [6.45, 7) is 4.73. The van der Waals surface area contributed by atoms with Crippen molar-refractivity contribution in [3.05, 3.63) is 0 Å². The lowest BCUT2D eigenvalue weighted by Crippen LogP contribution is -2.48. The molecule has 0 spiro atoms. The Balaban J connectivity index is 2.55. The van der Waals surface area contributed by atoms with Gasteiger partial charge in [-0.25, -0.2) is 0 Å². The fourth-order valence-electron chi connectivity index (χ4n) is 2.22. The van der Waals surface area contributed by atoms with E-state index in [0.29, 0.717) is 19.4 Å². The molecule has 102 valence electrons. The van der Waals surface area contributed by atoms with Gasteiger partial charge in [0.05, 0.1) is 5.92 Å². The lowest BCUT2D eigenvalue weighted by molar-refractivity contribution is -0.188. The zero-order valence-corrected chi connectivity index (χ0v) is 11.5. The molecule has 1 saturated carbocycles. The summed E-state index contributed by atoms with van der Waals surface area (Å²) in [5.41, 5.74) is 0. The molecule has 0 bridgehead atoms. The van der Waals surface area contributed by atoms with E-state index in [1.54, 1.807) is 11.8 Å². The summed E-state index contributed by atoms with van der Waals surface area (Å²) < 4.78 is 38.5. The number of halogens is 3. The third-order valence-electron chi connectivity index (χ3n) is 3.53. The maximum Gasteiger partial charge on any atom is 0.393 e. The van der Waals surface area contributed by atoms with Gasteiger partial charge in [-0.1, -0.05) is 12.8 Å². The van der Waals surface area contributed by atoms with Gasteiger partial charge in [0.15, 0.2) is 0 Å². The van der Waals surface area contributed by atoms with Crippen LogP contribution >= 0.6 is 11.8 Å². The van der Waals surface area contributed by atoms with Crippen LogP contribution in [0.3, 0.4) is 0 Å². The second-order valence-corrected chi connectivity index (χ2v) is 6.90. The Hall–Kier alpha value is 0.100. The monoisotopic (exact) mass is 269 g/mol. The lowest BCUT2D eigenvalue weighted by atomic mass is 9.84. The van der Waals surface area contributed by atoms with Crippen molar-refractivity contribution in [1.29, 1.82) is 0 Å². The summed E-state index contributed by atoms with van der Waals surface area (Å²) in [4.78, 5) is 0. The first kappa shape index (κ1) is 15.2. The van der Waals surface area contributed by atoms with Crippen LogP contribution < -0.4 is 5.32 Å². The van der Waals surface area contributed by atoms with Crippen molar-refractivity contribution in [2.24, 2.45) is 5.92 Å². The van der Waals surface area contributed by atoms with E-state index in [1.807, 2.05) is 6.26 Å².